The van der Waals surface area contributed by atoms with E-state index in [2.05, 4.69) is 29.5 Å². The van der Waals surface area contributed by atoms with Crippen molar-refractivity contribution in [1.82, 2.24) is 9.88 Å². The zero-order valence-corrected chi connectivity index (χ0v) is 17.1. The van der Waals surface area contributed by atoms with Crippen LogP contribution in [-0.2, 0) is 0 Å². The van der Waals surface area contributed by atoms with E-state index < -0.39 is 0 Å². The fourth-order valence-corrected chi connectivity index (χ4v) is 3.52. The van der Waals surface area contributed by atoms with Crippen molar-refractivity contribution in [3.05, 3.63) is 40.9 Å². The van der Waals surface area contributed by atoms with Crippen LogP contribution in [-0.4, -0.2) is 34.9 Å². The monoisotopic (exact) mass is 388 g/mol. The Labute approximate surface area is 165 Å². The zero-order valence-electron chi connectivity index (χ0n) is 16.2. The Morgan fingerprint density at radius 3 is 2.26 bits per heavy atom. The van der Waals surface area contributed by atoms with Gasteiger partial charge in [-0.25, -0.2) is 9.78 Å². The van der Waals surface area contributed by atoms with Crippen molar-refractivity contribution >= 4 is 34.1 Å². The Kier molecular flexibility index (Phi) is 8.26. The molecule has 0 fully saturated rings. The van der Waals surface area contributed by atoms with Crippen molar-refractivity contribution in [2.24, 2.45) is 0 Å². The Morgan fingerprint density at radius 2 is 1.67 bits per heavy atom. The minimum atomic E-state index is -0.372. The average Bonchev–Trinajstić information content (AvgIpc) is 3.02. The van der Waals surface area contributed by atoms with E-state index in [1.807, 2.05) is 30.0 Å². The topological polar surface area (TPSA) is 74.3 Å². The molecule has 1 aromatic heterocycles. The summed E-state index contributed by atoms with van der Waals surface area (Å²) in [6.45, 7) is 7.55. The summed E-state index contributed by atoms with van der Waals surface area (Å²) in [6.07, 6.45) is 4.06. The first-order valence-electron chi connectivity index (χ1n) is 9.44. The van der Waals surface area contributed by atoms with Gasteiger partial charge in [0.1, 0.15) is 4.88 Å². The normalized spacial score (nSPS) is 10.5. The summed E-state index contributed by atoms with van der Waals surface area (Å²) in [5, 5.41) is 5.89. The van der Waals surface area contributed by atoms with Crippen LogP contribution in [0.3, 0.4) is 0 Å². The predicted octanol–water partition coefficient (Wildman–Crippen LogP) is 5.14. The van der Waals surface area contributed by atoms with Gasteiger partial charge in [0.2, 0.25) is 0 Å². The first-order valence-corrected chi connectivity index (χ1v) is 10.3. The van der Waals surface area contributed by atoms with Gasteiger partial charge >= 0.3 is 6.03 Å². The second kappa shape index (κ2) is 10.7. The lowest BCUT2D eigenvalue weighted by Crippen LogP contribution is -2.32. The number of nitrogens with one attached hydrogen (secondary N) is 2. The predicted molar refractivity (Wildman–Crippen MR) is 112 cm³/mol. The molecule has 0 unspecified atom stereocenters. The zero-order chi connectivity index (χ0) is 19.6. The highest BCUT2D eigenvalue weighted by atomic mass is 32.1. The maximum absolute atomic E-state index is 12.9. The lowest BCUT2D eigenvalue weighted by Gasteiger charge is -2.21. The van der Waals surface area contributed by atoms with E-state index in [4.69, 9.17) is 0 Å². The molecule has 7 heteroatoms. The molecule has 3 amide bonds. The fourth-order valence-electron chi connectivity index (χ4n) is 2.59. The molecule has 0 aliphatic rings. The number of carbonyl (C=O) groups excluding carboxylic acids is 2. The number of nitrogens with zero attached hydrogens (tertiary/aromatic N) is 2. The molecule has 2 N–H and O–H groups in total. The minimum absolute atomic E-state index is 0.00316. The Bertz CT molecular complexity index is 738. The number of hydrogen-bond acceptors (Lipinski definition) is 4. The standard InChI is InChI=1S/C20H28N4O2S/c1-4-6-13-24(14-7-5-2)18(25)17-15(3)21-20(27-17)23-19(26)22-16-11-9-8-10-12-16/h8-12H,4-7,13-14H2,1-3H3,(H2,21,22,23,26). The molecule has 1 heterocycles. The highest BCUT2D eigenvalue weighted by Gasteiger charge is 2.21. The Hall–Kier alpha value is -2.41. The van der Waals surface area contributed by atoms with Gasteiger partial charge in [0.25, 0.3) is 5.91 Å². The van der Waals surface area contributed by atoms with Gasteiger partial charge in [-0.1, -0.05) is 56.2 Å². The Morgan fingerprint density at radius 1 is 1.04 bits per heavy atom. The van der Waals surface area contributed by atoms with Crippen molar-refractivity contribution in [1.29, 1.82) is 0 Å². The largest absolute Gasteiger partial charge is 0.338 e. The summed E-state index contributed by atoms with van der Waals surface area (Å²) in [6, 6.07) is 8.82. The molecule has 0 spiro atoms. The van der Waals surface area contributed by atoms with Crippen LogP contribution < -0.4 is 10.6 Å². The number of urea groups is 1. The molecule has 0 aliphatic carbocycles. The third-order valence-electron chi connectivity index (χ3n) is 4.09. The van der Waals surface area contributed by atoms with Gasteiger partial charge in [-0.3, -0.25) is 10.1 Å². The molecule has 27 heavy (non-hydrogen) atoms. The van der Waals surface area contributed by atoms with Crippen molar-refractivity contribution in [2.45, 2.75) is 46.5 Å². The van der Waals surface area contributed by atoms with Crippen LogP contribution in [0.2, 0.25) is 0 Å². The molecule has 6 nitrogen and oxygen atoms in total. The first-order chi connectivity index (χ1) is 13.0. The van der Waals surface area contributed by atoms with Crippen LogP contribution in [0, 0.1) is 6.92 Å². The number of anilines is 2. The number of rotatable bonds is 9. The maximum atomic E-state index is 12.9. The number of aryl methyl sites for hydroxylation is 1. The number of amides is 3. The van der Waals surface area contributed by atoms with Gasteiger partial charge in [-0.15, -0.1) is 0 Å². The molecule has 0 saturated heterocycles. The molecule has 0 atom stereocenters. The van der Waals surface area contributed by atoms with Crippen LogP contribution in [0.5, 0.6) is 0 Å². The molecule has 0 saturated carbocycles. The SMILES string of the molecule is CCCCN(CCCC)C(=O)c1sc(NC(=O)Nc2ccccc2)nc1C. The van der Waals surface area contributed by atoms with Crippen LogP contribution in [0.1, 0.15) is 54.9 Å². The molecule has 1 aromatic carbocycles. The van der Waals surface area contributed by atoms with Gasteiger partial charge in [0.15, 0.2) is 5.13 Å². The molecular weight excluding hydrogens is 360 g/mol. The van der Waals surface area contributed by atoms with Gasteiger partial charge in [0, 0.05) is 18.8 Å². The highest BCUT2D eigenvalue weighted by molar-refractivity contribution is 7.17. The van der Waals surface area contributed by atoms with E-state index in [-0.39, 0.29) is 11.9 Å². The lowest BCUT2D eigenvalue weighted by molar-refractivity contribution is 0.0755. The molecule has 2 aromatic rings. The van der Waals surface area contributed by atoms with E-state index in [9.17, 15) is 9.59 Å². The molecule has 0 aliphatic heterocycles. The van der Waals surface area contributed by atoms with Crippen molar-refractivity contribution in [3.63, 3.8) is 0 Å². The number of thiazole rings is 1. The van der Waals surface area contributed by atoms with Crippen molar-refractivity contribution < 1.29 is 9.59 Å². The highest BCUT2D eigenvalue weighted by Crippen LogP contribution is 2.24. The molecule has 0 radical (unpaired) electrons. The number of benzene rings is 1. The summed E-state index contributed by atoms with van der Waals surface area (Å²) < 4.78 is 0. The van der Waals surface area contributed by atoms with Crippen molar-refractivity contribution in [2.75, 3.05) is 23.7 Å². The molecule has 0 bridgehead atoms. The summed E-state index contributed by atoms with van der Waals surface area (Å²) in [4.78, 5) is 31.9. The van der Waals surface area contributed by atoms with Crippen LogP contribution in [0.15, 0.2) is 30.3 Å². The maximum Gasteiger partial charge on any atom is 0.325 e. The summed E-state index contributed by atoms with van der Waals surface area (Å²) in [5.74, 6) is 0.00316. The van der Waals surface area contributed by atoms with Gasteiger partial charge in [0.05, 0.1) is 5.69 Å². The number of carbonyl (C=O) groups is 2. The smallest absolute Gasteiger partial charge is 0.325 e. The van der Waals surface area contributed by atoms with E-state index in [1.165, 1.54) is 11.3 Å². The molecular formula is C20H28N4O2S. The van der Waals surface area contributed by atoms with Gasteiger partial charge in [-0.2, -0.15) is 0 Å². The second-order valence-electron chi connectivity index (χ2n) is 6.38. The summed E-state index contributed by atoms with van der Waals surface area (Å²) in [7, 11) is 0. The molecule has 2 rings (SSSR count). The quantitative estimate of drug-likeness (QED) is 0.625. The fraction of sp³-hybridized carbons (Fsp3) is 0.450. The number of unbranched alkanes of at least 4 members (excludes halogenated alkanes) is 2. The molecule has 146 valence electrons. The third-order valence-corrected chi connectivity index (χ3v) is 5.15. The van der Waals surface area contributed by atoms with Gasteiger partial charge < -0.3 is 10.2 Å². The van der Waals surface area contributed by atoms with Gasteiger partial charge in [-0.05, 0) is 31.9 Å². The van der Waals surface area contributed by atoms with E-state index in [0.717, 1.165) is 38.8 Å². The summed E-state index contributed by atoms with van der Waals surface area (Å²) >= 11 is 1.23. The minimum Gasteiger partial charge on any atom is -0.338 e. The first kappa shape index (κ1) is 20.9. The second-order valence-corrected chi connectivity index (χ2v) is 7.38. The lowest BCUT2D eigenvalue weighted by atomic mass is 10.2. The van der Waals surface area contributed by atoms with Crippen LogP contribution >= 0.6 is 11.3 Å². The van der Waals surface area contributed by atoms with Crippen LogP contribution in [0.25, 0.3) is 0 Å². The van der Waals surface area contributed by atoms with Crippen molar-refractivity contribution in [3.8, 4) is 0 Å². The van der Waals surface area contributed by atoms with E-state index >= 15 is 0 Å². The number of hydrogen-bond donors (Lipinski definition) is 2. The average molecular weight is 389 g/mol. The summed E-state index contributed by atoms with van der Waals surface area (Å²) in [5.41, 5.74) is 1.35. The van der Waals surface area contributed by atoms with E-state index in [0.29, 0.717) is 21.4 Å². The number of aromatic nitrogens is 1. The Balaban J connectivity index is 2.04. The third kappa shape index (κ3) is 6.36. The number of para-hydroxylation sites is 1. The van der Waals surface area contributed by atoms with Crippen LogP contribution in [0.4, 0.5) is 15.6 Å². The van der Waals surface area contributed by atoms with E-state index in [1.54, 1.807) is 12.1 Å².